The third-order valence-corrected chi connectivity index (χ3v) is 1.80. The lowest BCUT2D eigenvalue weighted by molar-refractivity contribution is 1.39. The van der Waals surface area contributed by atoms with Crippen molar-refractivity contribution in [3.05, 3.63) is 53.6 Å². The largest absolute Gasteiger partial charge is 0.192 e. The minimum Gasteiger partial charge on any atom is -0.192 e. The standard InChI is InChI=1S/C12H11N/c1-3-4-5-11-6-7-12(9-13)10(2)8-11/h3-8H,1H2,2H3/b5-4+. The fraction of sp³-hybridized carbons (Fsp3) is 0.0833. The van der Waals surface area contributed by atoms with Crippen molar-refractivity contribution in [2.24, 2.45) is 0 Å². The van der Waals surface area contributed by atoms with E-state index in [1.807, 2.05) is 37.3 Å². The summed E-state index contributed by atoms with van der Waals surface area (Å²) in [5.41, 5.74) is 2.83. The lowest BCUT2D eigenvalue weighted by atomic mass is 10.1. The molecule has 0 N–H and O–H groups in total. The molecule has 0 bridgehead atoms. The topological polar surface area (TPSA) is 23.8 Å². The summed E-state index contributed by atoms with van der Waals surface area (Å²) < 4.78 is 0. The van der Waals surface area contributed by atoms with Crippen molar-refractivity contribution in [1.29, 1.82) is 5.26 Å². The zero-order chi connectivity index (χ0) is 9.68. The lowest BCUT2D eigenvalue weighted by Crippen LogP contribution is -1.82. The number of benzene rings is 1. The number of hydrogen-bond donors (Lipinski definition) is 0. The minimum atomic E-state index is 0.732. The maximum absolute atomic E-state index is 8.70. The molecule has 0 aliphatic rings. The van der Waals surface area contributed by atoms with Crippen LogP contribution in [0.3, 0.4) is 0 Å². The van der Waals surface area contributed by atoms with E-state index in [0.717, 1.165) is 16.7 Å². The molecule has 1 nitrogen and oxygen atoms in total. The van der Waals surface area contributed by atoms with Crippen LogP contribution in [0.1, 0.15) is 16.7 Å². The van der Waals surface area contributed by atoms with E-state index in [1.165, 1.54) is 0 Å². The maximum atomic E-state index is 8.70. The molecule has 0 unspecified atom stereocenters. The highest BCUT2D eigenvalue weighted by Crippen LogP contribution is 2.11. The normalized spacial score (nSPS) is 9.85. The fourth-order valence-electron chi connectivity index (χ4n) is 1.10. The van der Waals surface area contributed by atoms with E-state index < -0.39 is 0 Å². The molecular formula is C12H11N. The Labute approximate surface area is 78.6 Å². The quantitative estimate of drug-likeness (QED) is 0.624. The van der Waals surface area contributed by atoms with Crippen LogP contribution in [0.4, 0.5) is 0 Å². The molecule has 0 spiro atoms. The number of rotatable bonds is 2. The van der Waals surface area contributed by atoms with Gasteiger partial charge in [0.15, 0.2) is 0 Å². The molecule has 1 aromatic carbocycles. The first-order valence-electron chi connectivity index (χ1n) is 4.08. The summed E-state index contributed by atoms with van der Waals surface area (Å²) in [4.78, 5) is 0. The van der Waals surface area contributed by atoms with Gasteiger partial charge >= 0.3 is 0 Å². The second kappa shape index (κ2) is 4.27. The first kappa shape index (κ1) is 9.28. The van der Waals surface area contributed by atoms with Gasteiger partial charge in [-0.25, -0.2) is 0 Å². The van der Waals surface area contributed by atoms with E-state index in [9.17, 15) is 0 Å². The molecule has 0 fully saturated rings. The maximum Gasteiger partial charge on any atom is 0.0994 e. The summed E-state index contributed by atoms with van der Waals surface area (Å²) in [6.45, 7) is 5.53. The highest BCUT2D eigenvalue weighted by atomic mass is 14.2. The molecule has 0 heterocycles. The highest BCUT2D eigenvalue weighted by Gasteiger charge is 1.95. The van der Waals surface area contributed by atoms with Crippen molar-refractivity contribution in [3.8, 4) is 6.07 Å². The minimum absolute atomic E-state index is 0.732. The van der Waals surface area contributed by atoms with Crippen LogP contribution in [0.15, 0.2) is 36.9 Å². The second-order valence-electron chi connectivity index (χ2n) is 2.78. The molecule has 1 aromatic rings. The van der Waals surface area contributed by atoms with E-state index in [4.69, 9.17) is 5.26 Å². The van der Waals surface area contributed by atoms with Gasteiger partial charge in [-0.05, 0) is 24.1 Å². The zero-order valence-corrected chi connectivity index (χ0v) is 7.62. The van der Waals surface area contributed by atoms with E-state index in [-0.39, 0.29) is 0 Å². The number of nitriles is 1. The summed E-state index contributed by atoms with van der Waals surface area (Å²) in [5.74, 6) is 0. The Hall–Kier alpha value is -1.81. The van der Waals surface area contributed by atoms with Gasteiger partial charge in [0.2, 0.25) is 0 Å². The summed E-state index contributed by atoms with van der Waals surface area (Å²) in [5, 5.41) is 8.70. The van der Waals surface area contributed by atoms with Crippen LogP contribution in [-0.2, 0) is 0 Å². The summed E-state index contributed by atoms with van der Waals surface area (Å²) in [6.07, 6.45) is 5.56. The van der Waals surface area contributed by atoms with Crippen molar-refractivity contribution < 1.29 is 0 Å². The molecule has 0 amide bonds. The summed E-state index contributed by atoms with van der Waals surface area (Å²) in [7, 11) is 0. The fourth-order valence-corrected chi connectivity index (χ4v) is 1.10. The number of allylic oxidation sites excluding steroid dienone is 2. The monoisotopic (exact) mass is 169 g/mol. The Morgan fingerprint density at radius 2 is 2.23 bits per heavy atom. The Morgan fingerprint density at radius 1 is 1.46 bits per heavy atom. The van der Waals surface area contributed by atoms with Gasteiger partial charge in [-0.1, -0.05) is 36.9 Å². The van der Waals surface area contributed by atoms with Crippen LogP contribution < -0.4 is 0 Å². The van der Waals surface area contributed by atoms with Gasteiger partial charge in [0.1, 0.15) is 0 Å². The van der Waals surface area contributed by atoms with Crippen molar-refractivity contribution >= 4 is 6.08 Å². The SMILES string of the molecule is C=C/C=C/c1ccc(C#N)c(C)c1. The van der Waals surface area contributed by atoms with Crippen LogP contribution in [0.5, 0.6) is 0 Å². The average Bonchev–Trinajstić information content (AvgIpc) is 2.15. The molecule has 1 heteroatoms. The second-order valence-corrected chi connectivity index (χ2v) is 2.78. The zero-order valence-electron chi connectivity index (χ0n) is 7.62. The molecule has 0 saturated heterocycles. The number of hydrogen-bond acceptors (Lipinski definition) is 1. The van der Waals surface area contributed by atoms with Gasteiger partial charge in [0.05, 0.1) is 11.6 Å². The molecule has 0 radical (unpaired) electrons. The first-order valence-corrected chi connectivity index (χ1v) is 4.08. The van der Waals surface area contributed by atoms with E-state index in [0.29, 0.717) is 0 Å². The van der Waals surface area contributed by atoms with Crippen LogP contribution in [0.25, 0.3) is 6.08 Å². The van der Waals surface area contributed by atoms with Crippen LogP contribution in [0.2, 0.25) is 0 Å². The first-order chi connectivity index (χ1) is 6.27. The van der Waals surface area contributed by atoms with Crippen LogP contribution >= 0.6 is 0 Å². The van der Waals surface area contributed by atoms with Gasteiger partial charge < -0.3 is 0 Å². The van der Waals surface area contributed by atoms with Crippen molar-refractivity contribution in [2.75, 3.05) is 0 Å². The van der Waals surface area contributed by atoms with Crippen molar-refractivity contribution in [3.63, 3.8) is 0 Å². The Bertz CT molecular complexity index is 381. The smallest absolute Gasteiger partial charge is 0.0994 e. The third-order valence-electron chi connectivity index (χ3n) is 1.80. The van der Waals surface area contributed by atoms with Crippen molar-refractivity contribution in [1.82, 2.24) is 0 Å². The molecule has 0 aromatic heterocycles. The highest BCUT2D eigenvalue weighted by molar-refractivity contribution is 5.54. The molecular weight excluding hydrogens is 158 g/mol. The molecule has 13 heavy (non-hydrogen) atoms. The predicted molar refractivity (Wildman–Crippen MR) is 55.1 cm³/mol. The van der Waals surface area contributed by atoms with Gasteiger partial charge in [-0.2, -0.15) is 5.26 Å². The Kier molecular flexibility index (Phi) is 3.05. The lowest BCUT2D eigenvalue weighted by Gasteiger charge is -1.97. The van der Waals surface area contributed by atoms with Gasteiger partial charge in [0, 0.05) is 0 Å². The van der Waals surface area contributed by atoms with Gasteiger partial charge in [-0.3, -0.25) is 0 Å². The van der Waals surface area contributed by atoms with E-state index >= 15 is 0 Å². The van der Waals surface area contributed by atoms with Crippen LogP contribution in [-0.4, -0.2) is 0 Å². The van der Waals surface area contributed by atoms with Crippen LogP contribution in [0, 0.1) is 18.3 Å². The molecule has 0 atom stereocenters. The van der Waals surface area contributed by atoms with Gasteiger partial charge in [0.25, 0.3) is 0 Å². The number of nitrogens with zero attached hydrogens (tertiary/aromatic N) is 1. The van der Waals surface area contributed by atoms with E-state index in [2.05, 4.69) is 12.6 Å². The summed E-state index contributed by atoms with van der Waals surface area (Å²) >= 11 is 0. The Balaban J connectivity index is 3.04. The van der Waals surface area contributed by atoms with Gasteiger partial charge in [-0.15, -0.1) is 0 Å². The molecule has 0 saturated carbocycles. The molecule has 0 aliphatic heterocycles. The average molecular weight is 169 g/mol. The molecule has 0 aliphatic carbocycles. The number of aryl methyl sites for hydroxylation is 1. The summed E-state index contributed by atoms with van der Waals surface area (Å²) in [6, 6.07) is 7.87. The third kappa shape index (κ3) is 2.31. The van der Waals surface area contributed by atoms with E-state index in [1.54, 1.807) is 6.08 Å². The molecule has 1 rings (SSSR count). The Morgan fingerprint density at radius 3 is 2.77 bits per heavy atom. The predicted octanol–water partition coefficient (Wildman–Crippen LogP) is 3.07. The van der Waals surface area contributed by atoms with Crippen molar-refractivity contribution in [2.45, 2.75) is 6.92 Å². The molecule has 64 valence electrons.